The van der Waals surface area contributed by atoms with Gasteiger partial charge in [-0.15, -0.1) is 0 Å². The summed E-state index contributed by atoms with van der Waals surface area (Å²) in [6.45, 7) is 12.8. The molecule has 0 aromatic carbocycles. The number of aromatic nitrogens is 3. The lowest BCUT2D eigenvalue weighted by Gasteiger charge is -2.21. The molecule has 5 heteroatoms. The third-order valence-corrected chi connectivity index (χ3v) is 3.42. The van der Waals surface area contributed by atoms with Crippen LogP contribution in [0.5, 0.6) is 0 Å². The van der Waals surface area contributed by atoms with E-state index in [0.29, 0.717) is 5.92 Å². The fraction of sp³-hybridized carbons (Fsp3) is 0.556. The maximum atomic E-state index is 4.73. The monoisotopic (exact) mass is 315 g/mol. The Morgan fingerprint density at radius 3 is 2.57 bits per heavy atom. The predicted octanol–water partition coefficient (Wildman–Crippen LogP) is 4.10. The van der Waals surface area contributed by atoms with E-state index in [4.69, 9.17) is 4.98 Å². The summed E-state index contributed by atoms with van der Waals surface area (Å²) in [6.07, 6.45) is 3.94. The van der Waals surface area contributed by atoms with Gasteiger partial charge in [-0.25, -0.2) is 4.98 Å². The summed E-state index contributed by atoms with van der Waals surface area (Å²) in [5.41, 5.74) is 3.23. The van der Waals surface area contributed by atoms with Gasteiger partial charge in [0.25, 0.3) is 0 Å². The Hall–Kier alpha value is -2.04. The van der Waals surface area contributed by atoms with Gasteiger partial charge < -0.3 is 10.6 Å². The van der Waals surface area contributed by atoms with Crippen molar-refractivity contribution < 1.29 is 0 Å². The molecule has 2 rings (SSSR count). The van der Waals surface area contributed by atoms with E-state index in [1.165, 1.54) is 0 Å². The van der Waals surface area contributed by atoms with Crippen LogP contribution in [0.1, 0.15) is 34.6 Å². The van der Waals surface area contributed by atoms with Crippen LogP contribution < -0.4 is 10.6 Å². The Morgan fingerprint density at radius 2 is 1.96 bits per heavy atom. The average molecular weight is 315 g/mol. The zero-order valence-electron chi connectivity index (χ0n) is 15.1. The van der Waals surface area contributed by atoms with Crippen LogP contribution in [0.25, 0.3) is 11.3 Å². The summed E-state index contributed by atoms with van der Waals surface area (Å²) in [5.74, 6) is 1.44. The molecule has 0 aliphatic carbocycles. The van der Waals surface area contributed by atoms with Crippen molar-refractivity contribution in [2.75, 3.05) is 24.2 Å². The molecule has 2 N–H and O–H groups in total. The van der Waals surface area contributed by atoms with Crippen LogP contribution in [0.4, 0.5) is 11.5 Å². The maximum absolute atomic E-state index is 4.73. The Kier molecular flexibility index (Phi) is 5.29. The minimum Gasteiger partial charge on any atom is -0.382 e. The summed E-state index contributed by atoms with van der Waals surface area (Å²) in [4.78, 5) is 4.73. The quantitative estimate of drug-likeness (QED) is 0.842. The fourth-order valence-corrected chi connectivity index (χ4v) is 2.28. The van der Waals surface area contributed by atoms with Crippen molar-refractivity contribution in [3.8, 4) is 11.3 Å². The van der Waals surface area contributed by atoms with E-state index in [0.717, 1.165) is 35.9 Å². The van der Waals surface area contributed by atoms with E-state index in [-0.39, 0.29) is 5.41 Å². The molecular weight excluding hydrogens is 286 g/mol. The molecule has 0 atom stereocenters. The zero-order chi connectivity index (χ0) is 17.0. The average Bonchev–Trinajstić information content (AvgIpc) is 2.91. The molecule has 0 radical (unpaired) electrons. The molecule has 23 heavy (non-hydrogen) atoms. The topological polar surface area (TPSA) is 54.8 Å². The highest BCUT2D eigenvalue weighted by molar-refractivity contribution is 5.70. The molecule has 0 saturated heterocycles. The first-order valence-corrected chi connectivity index (χ1v) is 8.24. The molecule has 0 unspecified atom stereocenters. The van der Waals surface area contributed by atoms with Crippen LogP contribution in [0, 0.1) is 11.3 Å². The number of pyridine rings is 1. The molecule has 0 aliphatic heterocycles. The molecule has 0 bridgehead atoms. The van der Waals surface area contributed by atoms with E-state index >= 15 is 0 Å². The number of nitrogens with zero attached hydrogens (tertiary/aromatic N) is 3. The zero-order valence-corrected chi connectivity index (χ0v) is 15.1. The SMILES string of the molecule is CNc1nc(-c2cnn(CC(C)C)c2)ccc1NCC(C)(C)C. The molecule has 0 amide bonds. The fourth-order valence-electron chi connectivity index (χ4n) is 2.28. The molecule has 126 valence electrons. The molecule has 2 heterocycles. The van der Waals surface area contributed by atoms with Gasteiger partial charge in [-0.1, -0.05) is 34.6 Å². The summed E-state index contributed by atoms with van der Waals surface area (Å²) < 4.78 is 1.98. The van der Waals surface area contributed by atoms with Crippen LogP contribution in [0.2, 0.25) is 0 Å². The van der Waals surface area contributed by atoms with Gasteiger partial charge in [0, 0.05) is 31.9 Å². The lowest BCUT2D eigenvalue weighted by Crippen LogP contribution is -2.19. The van der Waals surface area contributed by atoms with Crippen LogP contribution in [0.15, 0.2) is 24.5 Å². The Labute approximate surface area is 139 Å². The molecule has 0 spiro atoms. The Balaban J connectivity index is 2.19. The first-order chi connectivity index (χ1) is 10.8. The van der Waals surface area contributed by atoms with Crippen LogP contribution in [-0.2, 0) is 6.54 Å². The largest absolute Gasteiger partial charge is 0.382 e. The Bertz CT molecular complexity index is 637. The summed E-state index contributed by atoms with van der Waals surface area (Å²) in [7, 11) is 1.90. The predicted molar refractivity (Wildman–Crippen MR) is 97.8 cm³/mol. The summed E-state index contributed by atoms with van der Waals surface area (Å²) in [5, 5.41) is 11.1. The molecular formula is C18H29N5. The minimum atomic E-state index is 0.224. The van der Waals surface area contributed by atoms with Crippen molar-refractivity contribution >= 4 is 11.5 Å². The highest BCUT2D eigenvalue weighted by Gasteiger charge is 2.13. The second-order valence-corrected chi connectivity index (χ2v) is 7.60. The van der Waals surface area contributed by atoms with E-state index in [1.54, 1.807) is 0 Å². The molecule has 2 aromatic rings. The van der Waals surface area contributed by atoms with Crippen molar-refractivity contribution in [3.63, 3.8) is 0 Å². The minimum absolute atomic E-state index is 0.224. The third kappa shape index (κ3) is 4.98. The number of hydrogen-bond donors (Lipinski definition) is 2. The van der Waals surface area contributed by atoms with E-state index < -0.39 is 0 Å². The van der Waals surface area contributed by atoms with Crippen molar-refractivity contribution in [2.24, 2.45) is 11.3 Å². The standard InChI is InChI=1S/C18H29N5/c1-13(2)10-23-11-14(9-21-23)15-7-8-16(17(19-6)22-15)20-12-18(3,4)5/h7-9,11,13,20H,10,12H2,1-6H3,(H,19,22). The van der Waals surface area contributed by atoms with Crippen molar-refractivity contribution in [2.45, 2.75) is 41.2 Å². The molecule has 0 aliphatic rings. The second-order valence-electron chi connectivity index (χ2n) is 7.60. The van der Waals surface area contributed by atoms with Gasteiger partial charge in [0.05, 0.1) is 17.6 Å². The molecule has 0 fully saturated rings. The normalized spacial score (nSPS) is 11.8. The second kappa shape index (κ2) is 7.02. The third-order valence-electron chi connectivity index (χ3n) is 3.42. The van der Waals surface area contributed by atoms with Crippen molar-refractivity contribution in [3.05, 3.63) is 24.5 Å². The maximum Gasteiger partial charge on any atom is 0.149 e. The van der Waals surface area contributed by atoms with Crippen LogP contribution in [-0.4, -0.2) is 28.4 Å². The van der Waals surface area contributed by atoms with Gasteiger partial charge in [0.15, 0.2) is 0 Å². The van der Waals surface area contributed by atoms with Crippen LogP contribution >= 0.6 is 0 Å². The molecule has 0 saturated carbocycles. The van der Waals surface area contributed by atoms with Gasteiger partial charge in [-0.2, -0.15) is 5.10 Å². The first-order valence-electron chi connectivity index (χ1n) is 8.24. The van der Waals surface area contributed by atoms with Gasteiger partial charge in [0.1, 0.15) is 5.82 Å². The van der Waals surface area contributed by atoms with Gasteiger partial charge in [-0.05, 0) is 23.5 Å². The molecule has 5 nitrogen and oxygen atoms in total. The number of rotatable bonds is 6. The number of anilines is 2. The van der Waals surface area contributed by atoms with Gasteiger partial charge >= 0.3 is 0 Å². The lowest BCUT2D eigenvalue weighted by molar-refractivity contribution is 0.443. The van der Waals surface area contributed by atoms with Crippen LogP contribution in [0.3, 0.4) is 0 Å². The summed E-state index contributed by atoms with van der Waals surface area (Å²) >= 11 is 0. The van der Waals surface area contributed by atoms with E-state index in [2.05, 4.69) is 62.6 Å². The first kappa shape index (κ1) is 17.3. The van der Waals surface area contributed by atoms with Crippen molar-refractivity contribution in [1.82, 2.24) is 14.8 Å². The molecule has 2 aromatic heterocycles. The lowest BCUT2D eigenvalue weighted by atomic mass is 9.97. The van der Waals surface area contributed by atoms with Gasteiger partial charge in [0.2, 0.25) is 0 Å². The highest BCUT2D eigenvalue weighted by Crippen LogP contribution is 2.26. The smallest absolute Gasteiger partial charge is 0.149 e. The van der Waals surface area contributed by atoms with Gasteiger partial charge in [-0.3, -0.25) is 4.68 Å². The van der Waals surface area contributed by atoms with Crippen molar-refractivity contribution in [1.29, 1.82) is 0 Å². The summed E-state index contributed by atoms with van der Waals surface area (Å²) in [6, 6.07) is 4.13. The highest BCUT2D eigenvalue weighted by atomic mass is 15.3. The van der Waals surface area contributed by atoms with E-state index in [1.807, 2.05) is 24.0 Å². The van der Waals surface area contributed by atoms with E-state index in [9.17, 15) is 0 Å². The number of hydrogen-bond acceptors (Lipinski definition) is 4. The number of nitrogens with one attached hydrogen (secondary N) is 2. The Morgan fingerprint density at radius 1 is 1.22 bits per heavy atom.